The van der Waals surface area contributed by atoms with Gasteiger partial charge in [0.25, 0.3) is 0 Å². The van der Waals surface area contributed by atoms with Crippen LogP contribution in [-0.2, 0) is 4.79 Å². The first-order valence-corrected chi connectivity index (χ1v) is 12.4. The zero-order valence-electron chi connectivity index (χ0n) is 20.6. The lowest BCUT2D eigenvalue weighted by molar-refractivity contribution is -0.145. The Bertz CT molecular complexity index is 1540. The van der Waals surface area contributed by atoms with E-state index in [2.05, 4.69) is 0 Å². The van der Waals surface area contributed by atoms with Crippen LogP contribution in [0.25, 0.3) is 0 Å². The molecule has 0 amide bonds. The van der Waals surface area contributed by atoms with Gasteiger partial charge in [0, 0.05) is 22.7 Å². The van der Waals surface area contributed by atoms with Crippen LogP contribution in [0.2, 0.25) is 5.02 Å². The van der Waals surface area contributed by atoms with E-state index in [1.165, 1.54) is 0 Å². The molecule has 5 aromatic rings. The third-order valence-corrected chi connectivity index (χ3v) is 5.79. The second kappa shape index (κ2) is 12.1. The molecule has 1 unspecified atom stereocenters. The van der Waals surface area contributed by atoms with Gasteiger partial charge in [-0.2, -0.15) is 0 Å². The van der Waals surface area contributed by atoms with Gasteiger partial charge >= 0.3 is 5.97 Å². The molecule has 5 rings (SSSR count). The van der Waals surface area contributed by atoms with E-state index >= 15 is 0 Å². The Balaban J connectivity index is 1.26. The van der Waals surface area contributed by atoms with Crippen LogP contribution in [0.4, 0.5) is 0 Å². The normalized spacial score (nSPS) is 11.3. The van der Waals surface area contributed by atoms with E-state index in [1.54, 1.807) is 84.9 Å². The molecule has 6 nitrogen and oxygen atoms in total. The zero-order chi connectivity index (χ0) is 27.0. The minimum atomic E-state index is -1.23. The van der Waals surface area contributed by atoms with E-state index < -0.39 is 12.1 Å². The van der Waals surface area contributed by atoms with Crippen LogP contribution in [0.15, 0.2) is 127 Å². The molecule has 0 fully saturated rings. The number of aliphatic carboxylic acids is 1. The third kappa shape index (κ3) is 7.09. The van der Waals surface area contributed by atoms with Crippen molar-refractivity contribution in [1.82, 2.24) is 0 Å². The minimum Gasteiger partial charge on any atom is -0.478 e. The van der Waals surface area contributed by atoms with Crippen molar-refractivity contribution < 1.29 is 28.8 Å². The van der Waals surface area contributed by atoms with Gasteiger partial charge in [-0.25, -0.2) is 4.79 Å². The molecule has 0 aliphatic carbocycles. The van der Waals surface area contributed by atoms with Gasteiger partial charge in [0.1, 0.15) is 40.2 Å². The van der Waals surface area contributed by atoms with Crippen LogP contribution >= 0.6 is 11.6 Å². The van der Waals surface area contributed by atoms with Crippen LogP contribution in [0, 0.1) is 0 Å². The highest BCUT2D eigenvalue weighted by Gasteiger charge is 2.22. The number of carboxylic acids is 1. The standard InChI is InChI=1S/C32H23ClO6/c33-23-14-18-26(19-15-23)36-25-16-12-22(13-17-25)31(32(34)35)39-30-11-5-10-29(21-30)38-28-9-4-8-27(20-28)37-24-6-2-1-3-7-24/h1-21,31H,(H,34,35). The largest absolute Gasteiger partial charge is 0.478 e. The van der Waals surface area contributed by atoms with Crippen molar-refractivity contribution in [2.45, 2.75) is 6.10 Å². The Morgan fingerprint density at radius 3 is 1.56 bits per heavy atom. The van der Waals surface area contributed by atoms with Gasteiger partial charge in [0.2, 0.25) is 6.10 Å². The van der Waals surface area contributed by atoms with Crippen molar-refractivity contribution in [3.05, 3.63) is 138 Å². The fraction of sp³-hybridized carbons (Fsp3) is 0.0312. The second-order valence-electron chi connectivity index (χ2n) is 8.43. The van der Waals surface area contributed by atoms with Crippen LogP contribution in [0.1, 0.15) is 11.7 Å². The lowest BCUT2D eigenvalue weighted by atomic mass is 10.1. The highest BCUT2D eigenvalue weighted by molar-refractivity contribution is 6.30. The van der Waals surface area contributed by atoms with Gasteiger partial charge < -0.3 is 24.1 Å². The Morgan fingerprint density at radius 2 is 0.974 bits per heavy atom. The van der Waals surface area contributed by atoms with E-state index in [-0.39, 0.29) is 0 Å². The number of hydrogen-bond acceptors (Lipinski definition) is 5. The molecule has 0 saturated carbocycles. The summed E-state index contributed by atoms with van der Waals surface area (Å²) >= 11 is 5.91. The maximum atomic E-state index is 12.1. The van der Waals surface area contributed by atoms with Gasteiger partial charge in [0.05, 0.1) is 0 Å². The zero-order valence-corrected chi connectivity index (χ0v) is 21.3. The second-order valence-corrected chi connectivity index (χ2v) is 8.86. The molecule has 0 spiro atoms. The van der Waals surface area contributed by atoms with E-state index in [1.807, 2.05) is 42.5 Å². The summed E-state index contributed by atoms with van der Waals surface area (Å²) in [5.74, 6) is 2.78. The highest BCUT2D eigenvalue weighted by Crippen LogP contribution is 2.32. The van der Waals surface area contributed by atoms with Crippen LogP contribution in [-0.4, -0.2) is 11.1 Å². The summed E-state index contributed by atoms with van der Waals surface area (Å²) in [7, 11) is 0. The fourth-order valence-electron chi connectivity index (χ4n) is 3.72. The maximum Gasteiger partial charge on any atom is 0.349 e. The molecule has 39 heavy (non-hydrogen) atoms. The van der Waals surface area contributed by atoms with E-state index in [4.69, 9.17) is 30.5 Å². The fourth-order valence-corrected chi connectivity index (χ4v) is 3.85. The Labute approximate surface area is 230 Å². The average molecular weight is 539 g/mol. The van der Waals surface area contributed by atoms with E-state index in [0.717, 1.165) is 0 Å². The summed E-state index contributed by atoms with van der Waals surface area (Å²) in [6, 6.07) is 37.1. The summed E-state index contributed by atoms with van der Waals surface area (Å²) in [4.78, 5) is 12.1. The summed E-state index contributed by atoms with van der Waals surface area (Å²) in [5, 5.41) is 10.5. The monoisotopic (exact) mass is 538 g/mol. The summed E-state index contributed by atoms with van der Waals surface area (Å²) in [6.45, 7) is 0. The molecule has 0 bridgehead atoms. The average Bonchev–Trinajstić information content (AvgIpc) is 2.94. The quantitative estimate of drug-likeness (QED) is 0.191. The van der Waals surface area contributed by atoms with Crippen molar-refractivity contribution in [2.24, 2.45) is 0 Å². The third-order valence-electron chi connectivity index (χ3n) is 5.54. The van der Waals surface area contributed by atoms with Crippen molar-refractivity contribution in [3.8, 4) is 40.2 Å². The molecule has 0 saturated heterocycles. The number of ether oxygens (including phenoxy) is 4. The van der Waals surface area contributed by atoms with Gasteiger partial charge in [0.15, 0.2) is 0 Å². The first kappa shape index (κ1) is 25.7. The SMILES string of the molecule is O=C(O)C(Oc1cccc(Oc2cccc(Oc3ccccc3)c2)c1)c1ccc(Oc2ccc(Cl)cc2)cc1. The van der Waals surface area contributed by atoms with Gasteiger partial charge in [-0.15, -0.1) is 0 Å². The molecule has 0 heterocycles. The summed E-state index contributed by atoms with van der Waals surface area (Å²) in [6.07, 6.45) is -1.23. The molecule has 5 aromatic carbocycles. The van der Waals surface area contributed by atoms with Crippen molar-refractivity contribution in [3.63, 3.8) is 0 Å². The molecular formula is C32H23ClO6. The molecule has 7 heteroatoms. The Hall–Kier alpha value is -4.94. The molecular weight excluding hydrogens is 516 g/mol. The van der Waals surface area contributed by atoms with Crippen molar-refractivity contribution in [1.29, 1.82) is 0 Å². The lowest BCUT2D eigenvalue weighted by Gasteiger charge is -2.17. The molecule has 1 N–H and O–H groups in total. The van der Waals surface area contributed by atoms with Gasteiger partial charge in [-0.1, -0.05) is 54.1 Å². The maximum absolute atomic E-state index is 12.1. The van der Waals surface area contributed by atoms with Crippen molar-refractivity contribution in [2.75, 3.05) is 0 Å². The van der Waals surface area contributed by atoms with Gasteiger partial charge in [-0.05, 0) is 72.8 Å². The Kier molecular flexibility index (Phi) is 7.95. The molecule has 0 aromatic heterocycles. The molecule has 194 valence electrons. The van der Waals surface area contributed by atoms with Crippen molar-refractivity contribution >= 4 is 17.6 Å². The predicted molar refractivity (Wildman–Crippen MR) is 148 cm³/mol. The number of para-hydroxylation sites is 1. The lowest BCUT2D eigenvalue weighted by Crippen LogP contribution is -2.18. The van der Waals surface area contributed by atoms with Crippen LogP contribution < -0.4 is 18.9 Å². The van der Waals surface area contributed by atoms with Crippen LogP contribution in [0.5, 0.6) is 40.2 Å². The number of hydrogen-bond donors (Lipinski definition) is 1. The molecule has 0 aliphatic rings. The number of rotatable bonds is 10. The van der Waals surface area contributed by atoms with Gasteiger partial charge in [-0.3, -0.25) is 0 Å². The van der Waals surface area contributed by atoms with E-state index in [9.17, 15) is 9.90 Å². The number of benzene rings is 5. The highest BCUT2D eigenvalue weighted by atomic mass is 35.5. The van der Waals surface area contributed by atoms with E-state index in [0.29, 0.717) is 50.8 Å². The number of halogens is 1. The summed E-state index contributed by atoms with van der Waals surface area (Å²) in [5.41, 5.74) is 0.461. The summed E-state index contributed by atoms with van der Waals surface area (Å²) < 4.78 is 23.5. The molecule has 1 atom stereocenters. The smallest absolute Gasteiger partial charge is 0.349 e. The van der Waals surface area contributed by atoms with Crippen LogP contribution in [0.3, 0.4) is 0 Å². The molecule has 0 radical (unpaired) electrons. The predicted octanol–water partition coefficient (Wildman–Crippen LogP) is 8.92. The molecule has 0 aliphatic heterocycles. The first-order valence-electron chi connectivity index (χ1n) is 12.1. The Morgan fingerprint density at radius 1 is 0.538 bits per heavy atom. The first-order chi connectivity index (χ1) is 19.0. The number of carboxylic acid groups (broad SMARTS) is 1. The number of carbonyl (C=O) groups is 1. The minimum absolute atomic E-state index is 0.345. The topological polar surface area (TPSA) is 74.2 Å².